The van der Waals surface area contributed by atoms with E-state index < -0.39 is 0 Å². The Labute approximate surface area is 173 Å². The van der Waals surface area contributed by atoms with Crippen molar-refractivity contribution >= 4 is 34.1 Å². The second-order valence-electron chi connectivity index (χ2n) is 6.95. The molecule has 5 heteroatoms. The average Bonchev–Trinajstić information content (AvgIpc) is 2.72. The van der Waals surface area contributed by atoms with E-state index in [9.17, 15) is 9.59 Å². The Morgan fingerprint density at radius 1 is 0.966 bits per heavy atom. The maximum Gasteiger partial charge on any atom is 0.258 e. The molecule has 1 amide bonds. The third-order valence-electron chi connectivity index (χ3n) is 4.81. The standard InChI is InChI=1S/C24H19ClN2O2/c1-16-5-4-7-21(13-16)27(24(29)17-9-11-20(25)12-10-17)15-19-14-18-6-2-3-8-22(18)26-23(19)28/h2-14H,15H2,1H3,(H,26,28). The molecule has 0 aliphatic carbocycles. The number of H-pyrrole nitrogens is 1. The summed E-state index contributed by atoms with van der Waals surface area (Å²) in [7, 11) is 0. The van der Waals surface area contributed by atoms with Gasteiger partial charge in [-0.05, 0) is 66.4 Å². The van der Waals surface area contributed by atoms with Gasteiger partial charge in [-0.3, -0.25) is 9.59 Å². The van der Waals surface area contributed by atoms with Crippen molar-refractivity contribution in [2.45, 2.75) is 13.5 Å². The second-order valence-corrected chi connectivity index (χ2v) is 7.38. The van der Waals surface area contributed by atoms with E-state index in [0.29, 0.717) is 16.1 Å². The third-order valence-corrected chi connectivity index (χ3v) is 5.06. The lowest BCUT2D eigenvalue weighted by atomic mass is 10.1. The molecule has 3 aromatic carbocycles. The van der Waals surface area contributed by atoms with Crippen LogP contribution in [-0.4, -0.2) is 10.9 Å². The summed E-state index contributed by atoms with van der Waals surface area (Å²) in [6.45, 7) is 2.13. The molecule has 0 bridgehead atoms. The summed E-state index contributed by atoms with van der Waals surface area (Å²) in [5, 5.41) is 1.49. The number of hydrogen-bond acceptors (Lipinski definition) is 2. The normalized spacial score (nSPS) is 10.8. The van der Waals surface area contributed by atoms with Gasteiger partial charge in [0.2, 0.25) is 0 Å². The molecule has 0 saturated carbocycles. The molecule has 0 unspecified atom stereocenters. The zero-order valence-electron chi connectivity index (χ0n) is 15.9. The van der Waals surface area contributed by atoms with Crippen LogP contribution >= 0.6 is 11.6 Å². The number of pyridine rings is 1. The number of hydrogen-bond donors (Lipinski definition) is 1. The number of fused-ring (bicyclic) bond motifs is 1. The van der Waals surface area contributed by atoms with Crippen molar-refractivity contribution in [2.75, 3.05) is 4.90 Å². The molecule has 0 atom stereocenters. The number of benzene rings is 3. The fraction of sp³-hybridized carbons (Fsp3) is 0.0833. The van der Waals surface area contributed by atoms with Crippen molar-refractivity contribution in [3.05, 3.63) is 111 Å². The number of carbonyl (C=O) groups is 1. The quantitative estimate of drug-likeness (QED) is 0.501. The summed E-state index contributed by atoms with van der Waals surface area (Å²) in [5.74, 6) is -0.195. The van der Waals surface area contributed by atoms with Gasteiger partial charge < -0.3 is 9.88 Å². The first-order valence-electron chi connectivity index (χ1n) is 9.26. The van der Waals surface area contributed by atoms with Crippen molar-refractivity contribution in [3.8, 4) is 0 Å². The van der Waals surface area contributed by atoms with E-state index in [1.54, 1.807) is 29.2 Å². The van der Waals surface area contributed by atoms with Gasteiger partial charge in [-0.2, -0.15) is 0 Å². The SMILES string of the molecule is Cc1cccc(N(Cc2cc3ccccc3[nH]c2=O)C(=O)c2ccc(Cl)cc2)c1. The molecule has 4 rings (SSSR count). The molecule has 4 aromatic rings. The minimum atomic E-state index is -0.203. The first kappa shape index (κ1) is 19.0. The molecule has 1 aromatic heterocycles. The number of amides is 1. The van der Waals surface area contributed by atoms with Crippen LogP contribution in [0.15, 0.2) is 83.7 Å². The molecule has 0 saturated heterocycles. The lowest BCUT2D eigenvalue weighted by molar-refractivity contribution is 0.0985. The highest BCUT2D eigenvalue weighted by molar-refractivity contribution is 6.30. The fourth-order valence-corrected chi connectivity index (χ4v) is 3.43. The van der Waals surface area contributed by atoms with E-state index in [2.05, 4.69) is 4.98 Å². The van der Waals surface area contributed by atoms with Crippen LogP contribution in [0, 0.1) is 6.92 Å². The number of carbonyl (C=O) groups excluding carboxylic acids is 1. The average molecular weight is 403 g/mol. The number of aryl methyl sites for hydroxylation is 1. The molecule has 144 valence electrons. The van der Waals surface area contributed by atoms with Crippen molar-refractivity contribution in [1.82, 2.24) is 4.98 Å². The number of aromatic amines is 1. The molecule has 0 radical (unpaired) electrons. The number of nitrogens with zero attached hydrogens (tertiary/aromatic N) is 1. The van der Waals surface area contributed by atoms with Crippen molar-refractivity contribution in [2.24, 2.45) is 0 Å². The molecular formula is C24H19ClN2O2. The van der Waals surface area contributed by atoms with Gasteiger partial charge in [-0.1, -0.05) is 41.9 Å². The molecular weight excluding hydrogens is 384 g/mol. The van der Waals surface area contributed by atoms with E-state index in [4.69, 9.17) is 11.6 Å². The van der Waals surface area contributed by atoms with Gasteiger partial charge >= 0.3 is 0 Å². The predicted octanol–water partition coefficient (Wildman–Crippen LogP) is 5.34. The summed E-state index contributed by atoms with van der Waals surface area (Å²) >= 11 is 5.97. The van der Waals surface area contributed by atoms with E-state index in [0.717, 1.165) is 22.2 Å². The lowest BCUT2D eigenvalue weighted by Gasteiger charge is -2.23. The smallest absolute Gasteiger partial charge is 0.258 e. The van der Waals surface area contributed by atoms with Crippen LogP contribution in [0.5, 0.6) is 0 Å². The van der Waals surface area contributed by atoms with Crippen LogP contribution < -0.4 is 10.5 Å². The van der Waals surface area contributed by atoms with Gasteiger partial charge in [0.1, 0.15) is 0 Å². The highest BCUT2D eigenvalue weighted by atomic mass is 35.5. The summed E-state index contributed by atoms with van der Waals surface area (Å²) in [6.07, 6.45) is 0. The molecule has 1 heterocycles. The van der Waals surface area contributed by atoms with Gasteiger partial charge in [0.05, 0.1) is 6.54 Å². The Morgan fingerprint density at radius 3 is 2.48 bits per heavy atom. The van der Waals surface area contributed by atoms with Crippen molar-refractivity contribution in [3.63, 3.8) is 0 Å². The van der Waals surface area contributed by atoms with Crippen molar-refractivity contribution < 1.29 is 4.79 Å². The van der Waals surface area contributed by atoms with Crippen molar-refractivity contribution in [1.29, 1.82) is 0 Å². The number of rotatable bonds is 4. The van der Waals surface area contributed by atoms with E-state index in [1.807, 2.05) is 61.5 Å². The highest BCUT2D eigenvalue weighted by Crippen LogP contribution is 2.22. The molecule has 4 nitrogen and oxygen atoms in total. The van der Waals surface area contributed by atoms with Gasteiger partial charge in [-0.25, -0.2) is 0 Å². The largest absolute Gasteiger partial charge is 0.322 e. The number of halogens is 1. The Hall–Kier alpha value is -3.37. The van der Waals surface area contributed by atoms with E-state index in [-0.39, 0.29) is 18.0 Å². The third kappa shape index (κ3) is 4.08. The Morgan fingerprint density at radius 2 is 1.72 bits per heavy atom. The van der Waals surface area contributed by atoms with Gasteiger partial charge in [-0.15, -0.1) is 0 Å². The maximum absolute atomic E-state index is 13.3. The maximum atomic E-state index is 13.3. The van der Waals surface area contributed by atoms with Crippen LogP contribution in [-0.2, 0) is 6.54 Å². The zero-order chi connectivity index (χ0) is 20.4. The Bertz CT molecular complexity index is 1250. The van der Waals surface area contributed by atoms with Crippen LogP contribution in [0.2, 0.25) is 5.02 Å². The summed E-state index contributed by atoms with van der Waals surface area (Å²) in [4.78, 5) is 30.5. The lowest BCUT2D eigenvalue weighted by Crippen LogP contribution is -2.33. The first-order chi connectivity index (χ1) is 14.0. The van der Waals surface area contributed by atoms with Crippen LogP contribution in [0.1, 0.15) is 21.5 Å². The van der Waals surface area contributed by atoms with E-state index >= 15 is 0 Å². The minimum absolute atomic E-state index is 0.158. The van der Waals surface area contributed by atoms with Gasteiger partial charge in [0.25, 0.3) is 11.5 Å². The molecule has 0 aliphatic heterocycles. The molecule has 0 spiro atoms. The Balaban J connectivity index is 1.78. The molecule has 1 N–H and O–H groups in total. The molecule has 0 fully saturated rings. The van der Waals surface area contributed by atoms with Crippen LogP contribution in [0.25, 0.3) is 10.9 Å². The number of nitrogens with one attached hydrogen (secondary N) is 1. The molecule has 0 aliphatic rings. The highest BCUT2D eigenvalue weighted by Gasteiger charge is 2.20. The van der Waals surface area contributed by atoms with E-state index in [1.165, 1.54) is 0 Å². The van der Waals surface area contributed by atoms with Gasteiger partial charge in [0, 0.05) is 27.4 Å². The Kier molecular flexibility index (Phi) is 5.19. The predicted molar refractivity (Wildman–Crippen MR) is 118 cm³/mol. The van der Waals surface area contributed by atoms with Crippen LogP contribution in [0.3, 0.4) is 0 Å². The topological polar surface area (TPSA) is 53.2 Å². The monoisotopic (exact) mass is 402 g/mol. The summed E-state index contributed by atoms with van der Waals surface area (Å²) in [5.41, 5.74) is 3.36. The number of anilines is 1. The summed E-state index contributed by atoms with van der Waals surface area (Å²) in [6, 6.07) is 23.9. The molecule has 29 heavy (non-hydrogen) atoms. The van der Waals surface area contributed by atoms with Gasteiger partial charge in [0.15, 0.2) is 0 Å². The zero-order valence-corrected chi connectivity index (χ0v) is 16.6. The number of aromatic nitrogens is 1. The summed E-state index contributed by atoms with van der Waals surface area (Å²) < 4.78 is 0. The number of para-hydroxylation sites is 1. The fourth-order valence-electron chi connectivity index (χ4n) is 3.30. The second kappa shape index (κ2) is 7.94. The first-order valence-corrected chi connectivity index (χ1v) is 9.64. The minimum Gasteiger partial charge on any atom is -0.322 e. The van der Waals surface area contributed by atoms with Crippen LogP contribution in [0.4, 0.5) is 5.69 Å².